The highest BCUT2D eigenvalue weighted by Crippen LogP contribution is 2.44. The highest BCUT2D eigenvalue weighted by atomic mass is 32.1. The molecule has 2 fully saturated rings. The lowest BCUT2D eigenvalue weighted by Crippen LogP contribution is -2.62. The van der Waals surface area contributed by atoms with Crippen LogP contribution in [0.1, 0.15) is 40.1 Å². The molecule has 3 aliphatic rings. The smallest absolute Gasteiger partial charge is 0.261 e. The summed E-state index contributed by atoms with van der Waals surface area (Å²) in [5.74, 6) is 0.890. The van der Waals surface area contributed by atoms with E-state index in [1.807, 2.05) is 0 Å². The molecule has 0 spiro atoms. The molecule has 2 aliphatic carbocycles. The van der Waals surface area contributed by atoms with Gasteiger partial charge in [-0.05, 0) is 48.6 Å². The van der Waals surface area contributed by atoms with E-state index in [4.69, 9.17) is 9.47 Å². The zero-order valence-electron chi connectivity index (χ0n) is 13.0. The zero-order chi connectivity index (χ0) is 15.1. The van der Waals surface area contributed by atoms with Crippen molar-refractivity contribution in [1.82, 2.24) is 5.32 Å². The third kappa shape index (κ3) is 2.30. The van der Waals surface area contributed by atoms with Crippen molar-refractivity contribution < 1.29 is 14.3 Å². The summed E-state index contributed by atoms with van der Waals surface area (Å²) in [6.07, 6.45) is 5.99. The van der Waals surface area contributed by atoms with Crippen molar-refractivity contribution >= 4 is 17.2 Å². The predicted octanol–water partition coefficient (Wildman–Crippen LogP) is 2.41. The van der Waals surface area contributed by atoms with Crippen LogP contribution in [0.4, 0.5) is 0 Å². The SMILES string of the molecule is COC[C@H]1[C@@H](NC(=O)c2scc3c2CCCC3)[C@H]2CCO[C@H]21. The van der Waals surface area contributed by atoms with E-state index < -0.39 is 0 Å². The number of ether oxygens (including phenoxy) is 2. The average Bonchev–Trinajstić information content (AvgIpc) is 3.15. The Morgan fingerprint density at radius 3 is 3.18 bits per heavy atom. The van der Waals surface area contributed by atoms with Crippen LogP contribution in [0.3, 0.4) is 0 Å². The predicted molar refractivity (Wildman–Crippen MR) is 85.4 cm³/mol. The Morgan fingerprint density at radius 2 is 2.32 bits per heavy atom. The Kier molecular flexibility index (Phi) is 3.96. The van der Waals surface area contributed by atoms with Crippen molar-refractivity contribution in [2.24, 2.45) is 11.8 Å². The minimum absolute atomic E-state index is 0.115. The molecule has 0 radical (unpaired) electrons. The van der Waals surface area contributed by atoms with Crippen molar-refractivity contribution in [2.75, 3.05) is 20.3 Å². The molecule has 120 valence electrons. The number of amides is 1. The molecule has 0 bridgehead atoms. The van der Waals surface area contributed by atoms with Crippen LogP contribution in [0.2, 0.25) is 0 Å². The van der Waals surface area contributed by atoms with Gasteiger partial charge in [0.2, 0.25) is 0 Å². The number of thiophene rings is 1. The molecule has 1 aromatic heterocycles. The minimum atomic E-state index is 0.115. The van der Waals surface area contributed by atoms with E-state index in [2.05, 4.69) is 10.7 Å². The van der Waals surface area contributed by atoms with Gasteiger partial charge in [0.15, 0.2) is 0 Å². The van der Waals surface area contributed by atoms with Crippen molar-refractivity contribution in [3.8, 4) is 0 Å². The number of aryl methyl sites for hydroxylation is 1. The lowest BCUT2D eigenvalue weighted by molar-refractivity contribution is -0.0809. The fourth-order valence-electron chi connectivity index (χ4n) is 4.36. The summed E-state index contributed by atoms with van der Waals surface area (Å²) in [7, 11) is 1.72. The number of carbonyl (C=O) groups excluding carboxylic acids is 1. The number of nitrogens with one attached hydrogen (secondary N) is 1. The molecular weight excluding hydrogens is 298 g/mol. The van der Waals surface area contributed by atoms with Gasteiger partial charge in [0, 0.05) is 31.6 Å². The van der Waals surface area contributed by atoms with E-state index in [0.29, 0.717) is 18.4 Å². The molecule has 5 heteroatoms. The standard InChI is InChI=1S/C17H23NO3S/c1-20-8-13-14(12-6-7-21-15(12)13)18-17(19)16-11-5-3-2-4-10(11)9-22-16/h9,12-15H,2-8H2,1H3,(H,18,19)/t12-,13+,14+,15-/m1/s1. The molecule has 4 nitrogen and oxygen atoms in total. The summed E-state index contributed by atoms with van der Waals surface area (Å²) in [5.41, 5.74) is 2.70. The van der Waals surface area contributed by atoms with Gasteiger partial charge in [-0.2, -0.15) is 0 Å². The van der Waals surface area contributed by atoms with Gasteiger partial charge >= 0.3 is 0 Å². The molecule has 1 amide bonds. The zero-order valence-corrected chi connectivity index (χ0v) is 13.8. The summed E-state index contributed by atoms with van der Waals surface area (Å²) in [5, 5.41) is 5.47. The van der Waals surface area contributed by atoms with Crippen molar-refractivity contribution in [1.29, 1.82) is 0 Å². The molecule has 1 saturated carbocycles. The van der Waals surface area contributed by atoms with Crippen molar-refractivity contribution in [2.45, 2.75) is 44.2 Å². The fraction of sp³-hybridized carbons (Fsp3) is 0.706. The second-order valence-electron chi connectivity index (χ2n) is 6.68. The lowest BCUT2D eigenvalue weighted by Gasteiger charge is -2.47. The van der Waals surface area contributed by atoms with E-state index in [0.717, 1.165) is 30.7 Å². The number of carbonyl (C=O) groups is 1. The van der Waals surface area contributed by atoms with Gasteiger partial charge in [0.05, 0.1) is 17.6 Å². The van der Waals surface area contributed by atoms with E-state index in [9.17, 15) is 4.79 Å². The maximum Gasteiger partial charge on any atom is 0.261 e. The number of hydrogen-bond acceptors (Lipinski definition) is 4. The third-order valence-electron chi connectivity index (χ3n) is 5.49. The maximum atomic E-state index is 12.7. The third-order valence-corrected chi connectivity index (χ3v) is 6.56. The molecule has 1 N–H and O–H groups in total. The van der Waals surface area contributed by atoms with Gasteiger partial charge in [-0.3, -0.25) is 4.79 Å². The molecule has 1 saturated heterocycles. The molecule has 4 rings (SSSR count). The van der Waals surface area contributed by atoms with Crippen LogP contribution < -0.4 is 5.32 Å². The van der Waals surface area contributed by atoms with Crippen LogP contribution >= 0.6 is 11.3 Å². The van der Waals surface area contributed by atoms with Gasteiger partial charge in [0.25, 0.3) is 5.91 Å². The van der Waals surface area contributed by atoms with Gasteiger partial charge in [-0.25, -0.2) is 0 Å². The molecule has 22 heavy (non-hydrogen) atoms. The summed E-state index contributed by atoms with van der Waals surface area (Å²) < 4.78 is 11.1. The molecule has 4 atom stereocenters. The van der Waals surface area contributed by atoms with Crippen molar-refractivity contribution in [3.05, 3.63) is 21.4 Å². The van der Waals surface area contributed by atoms with Gasteiger partial charge in [-0.15, -0.1) is 11.3 Å². The first-order valence-corrected chi connectivity index (χ1v) is 9.18. The topological polar surface area (TPSA) is 47.6 Å². The molecule has 2 heterocycles. The van der Waals surface area contributed by atoms with Gasteiger partial charge < -0.3 is 14.8 Å². The summed E-state index contributed by atoms with van der Waals surface area (Å²) >= 11 is 1.62. The Hall–Kier alpha value is -0.910. The van der Waals surface area contributed by atoms with Crippen LogP contribution in [0.5, 0.6) is 0 Å². The number of methoxy groups -OCH3 is 1. The monoisotopic (exact) mass is 321 g/mol. The molecular formula is C17H23NO3S. The first kappa shape index (κ1) is 14.7. The van der Waals surface area contributed by atoms with Crippen LogP contribution in [0.15, 0.2) is 5.38 Å². The molecule has 0 unspecified atom stereocenters. The largest absolute Gasteiger partial charge is 0.384 e. The molecule has 1 aliphatic heterocycles. The molecule has 0 aromatic carbocycles. The number of hydrogen-bond donors (Lipinski definition) is 1. The van der Waals surface area contributed by atoms with Crippen LogP contribution in [0.25, 0.3) is 0 Å². The van der Waals surface area contributed by atoms with E-state index in [-0.39, 0.29) is 18.1 Å². The highest BCUT2D eigenvalue weighted by Gasteiger charge is 2.54. The van der Waals surface area contributed by atoms with E-state index in [1.54, 1.807) is 18.4 Å². The Bertz CT molecular complexity index is 570. The van der Waals surface area contributed by atoms with E-state index >= 15 is 0 Å². The minimum Gasteiger partial charge on any atom is -0.384 e. The van der Waals surface area contributed by atoms with Crippen LogP contribution in [-0.2, 0) is 22.3 Å². The van der Waals surface area contributed by atoms with E-state index in [1.165, 1.54) is 24.0 Å². The quantitative estimate of drug-likeness (QED) is 0.926. The van der Waals surface area contributed by atoms with Crippen molar-refractivity contribution in [3.63, 3.8) is 0 Å². The van der Waals surface area contributed by atoms with Gasteiger partial charge in [0.1, 0.15) is 0 Å². The van der Waals surface area contributed by atoms with Gasteiger partial charge in [-0.1, -0.05) is 0 Å². The second kappa shape index (κ2) is 5.95. The summed E-state index contributed by atoms with van der Waals surface area (Å²) in [6.45, 7) is 1.48. The number of rotatable bonds is 4. The second-order valence-corrected chi connectivity index (χ2v) is 7.56. The summed E-state index contributed by atoms with van der Waals surface area (Å²) in [4.78, 5) is 13.7. The Morgan fingerprint density at radius 1 is 1.45 bits per heavy atom. The Labute approximate surface area is 135 Å². The first-order chi connectivity index (χ1) is 10.8. The maximum absolute atomic E-state index is 12.7. The summed E-state index contributed by atoms with van der Waals surface area (Å²) in [6, 6.07) is 0.210. The first-order valence-electron chi connectivity index (χ1n) is 8.30. The normalized spacial score (nSPS) is 33.0. The average molecular weight is 321 g/mol. The lowest BCUT2D eigenvalue weighted by atomic mass is 9.67. The fourth-order valence-corrected chi connectivity index (χ4v) is 5.42. The Balaban J connectivity index is 1.48. The highest BCUT2D eigenvalue weighted by molar-refractivity contribution is 7.12. The molecule has 1 aromatic rings. The van der Waals surface area contributed by atoms with Crippen LogP contribution in [0, 0.1) is 11.8 Å². The number of fused-ring (bicyclic) bond motifs is 2. The van der Waals surface area contributed by atoms with Crippen LogP contribution in [-0.4, -0.2) is 38.4 Å².